The van der Waals surface area contributed by atoms with Crippen LogP contribution in [0, 0.1) is 0 Å². The van der Waals surface area contributed by atoms with Gasteiger partial charge in [0.05, 0.1) is 6.61 Å². The number of rotatable bonds is 6. The predicted octanol–water partition coefficient (Wildman–Crippen LogP) is 2.78. The van der Waals surface area contributed by atoms with Crippen molar-refractivity contribution in [2.24, 2.45) is 0 Å². The first-order valence-corrected chi connectivity index (χ1v) is 6.29. The first-order chi connectivity index (χ1) is 8.24. The van der Waals surface area contributed by atoms with Gasteiger partial charge in [-0.05, 0) is 43.5 Å². The number of hydrogen-bond donors (Lipinski definition) is 1. The molecule has 1 amide bonds. The maximum Gasteiger partial charge on any atom is 0.220 e. The molecule has 0 bridgehead atoms. The van der Waals surface area contributed by atoms with Crippen LogP contribution < -0.4 is 10.1 Å². The number of carbonyl (C=O) groups is 1. The van der Waals surface area contributed by atoms with E-state index in [1.807, 2.05) is 12.1 Å². The average molecular weight is 254 g/mol. The molecule has 92 valence electrons. The van der Waals surface area contributed by atoms with E-state index in [2.05, 4.69) is 5.32 Å². The van der Waals surface area contributed by atoms with Gasteiger partial charge in [-0.3, -0.25) is 4.79 Å². The Morgan fingerprint density at radius 1 is 1.35 bits per heavy atom. The van der Waals surface area contributed by atoms with E-state index >= 15 is 0 Å². The van der Waals surface area contributed by atoms with Crippen LogP contribution in [0.5, 0.6) is 5.75 Å². The molecule has 0 unspecified atom stereocenters. The van der Waals surface area contributed by atoms with Crippen molar-refractivity contribution in [1.82, 2.24) is 5.32 Å². The summed E-state index contributed by atoms with van der Waals surface area (Å²) in [5, 5.41) is 3.64. The fourth-order valence-corrected chi connectivity index (χ4v) is 1.61. The van der Waals surface area contributed by atoms with Crippen LogP contribution in [0.3, 0.4) is 0 Å². The molecular formula is C13H16ClNO2. The first kappa shape index (κ1) is 12.2. The van der Waals surface area contributed by atoms with E-state index in [4.69, 9.17) is 16.3 Å². The number of amides is 1. The highest BCUT2D eigenvalue weighted by Crippen LogP contribution is 2.19. The van der Waals surface area contributed by atoms with Gasteiger partial charge >= 0.3 is 0 Å². The molecule has 0 spiro atoms. The van der Waals surface area contributed by atoms with E-state index in [-0.39, 0.29) is 5.91 Å². The third-order valence-corrected chi connectivity index (χ3v) is 2.82. The Kier molecular flexibility index (Phi) is 4.26. The molecule has 0 aromatic heterocycles. The zero-order chi connectivity index (χ0) is 12.1. The van der Waals surface area contributed by atoms with Crippen molar-refractivity contribution in [3.63, 3.8) is 0 Å². The van der Waals surface area contributed by atoms with Gasteiger partial charge < -0.3 is 10.1 Å². The Balaban J connectivity index is 1.59. The predicted molar refractivity (Wildman–Crippen MR) is 67.3 cm³/mol. The van der Waals surface area contributed by atoms with Crippen LogP contribution in [0.15, 0.2) is 24.3 Å². The van der Waals surface area contributed by atoms with Crippen molar-refractivity contribution < 1.29 is 9.53 Å². The minimum atomic E-state index is 0.132. The molecule has 2 rings (SSSR count). The Hall–Kier alpha value is -1.22. The normalized spacial score (nSPS) is 14.4. The lowest BCUT2D eigenvalue weighted by atomic mass is 10.3. The van der Waals surface area contributed by atoms with Gasteiger partial charge in [0.25, 0.3) is 0 Å². The molecule has 0 saturated heterocycles. The standard InChI is InChI=1S/C13H16ClNO2/c14-10-3-7-12(8-4-10)17-9-1-2-13(16)15-11-5-6-11/h3-4,7-8,11H,1-2,5-6,9H2,(H,15,16). The van der Waals surface area contributed by atoms with E-state index in [0.29, 0.717) is 24.1 Å². The summed E-state index contributed by atoms with van der Waals surface area (Å²) in [7, 11) is 0. The van der Waals surface area contributed by atoms with Crippen molar-refractivity contribution in [1.29, 1.82) is 0 Å². The van der Waals surface area contributed by atoms with Crippen molar-refractivity contribution in [3.05, 3.63) is 29.3 Å². The second-order valence-corrected chi connectivity index (χ2v) is 4.68. The summed E-state index contributed by atoms with van der Waals surface area (Å²) in [6.07, 6.45) is 3.53. The van der Waals surface area contributed by atoms with Gasteiger partial charge in [0.1, 0.15) is 5.75 Å². The molecule has 1 aromatic rings. The van der Waals surface area contributed by atoms with Gasteiger partial charge in [0.2, 0.25) is 5.91 Å². The second-order valence-electron chi connectivity index (χ2n) is 4.25. The summed E-state index contributed by atoms with van der Waals surface area (Å²) < 4.78 is 5.49. The SMILES string of the molecule is O=C(CCCOc1ccc(Cl)cc1)NC1CC1. The van der Waals surface area contributed by atoms with Gasteiger partial charge in [0, 0.05) is 17.5 Å². The minimum absolute atomic E-state index is 0.132. The molecule has 1 aromatic carbocycles. The molecule has 0 radical (unpaired) electrons. The average Bonchev–Trinajstić information content (AvgIpc) is 3.11. The van der Waals surface area contributed by atoms with Gasteiger partial charge in [-0.1, -0.05) is 11.6 Å². The Morgan fingerprint density at radius 3 is 2.71 bits per heavy atom. The van der Waals surface area contributed by atoms with E-state index in [9.17, 15) is 4.79 Å². The molecule has 1 aliphatic rings. The zero-order valence-corrected chi connectivity index (χ0v) is 10.4. The second kappa shape index (κ2) is 5.92. The largest absolute Gasteiger partial charge is 0.494 e. The number of ether oxygens (including phenoxy) is 1. The molecule has 1 aliphatic carbocycles. The van der Waals surface area contributed by atoms with Crippen molar-refractivity contribution >= 4 is 17.5 Å². The lowest BCUT2D eigenvalue weighted by molar-refractivity contribution is -0.121. The Morgan fingerprint density at radius 2 is 2.06 bits per heavy atom. The van der Waals surface area contributed by atoms with Crippen LogP contribution >= 0.6 is 11.6 Å². The summed E-state index contributed by atoms with van der Waals surface area (Å²) in [6.45, 7) is 0.555. The molecular weight excluding hydrogens is 238 g/mol. The quantitative estimate of drug-likeness (QED) is 0.792. The maximum absolute atomic E-state index is 11.4. The summed E-state index contributed by atoms with van der Waals surface area (Å²) in [5.41, 5.74) is 0. The van der Waals surface area contributed by atoms with Crippen LogP contribution in [0.25, 0.3) is 0 Å². The third-order valence-electron chi connectivity index (χ3n) is 2.57. The van der Waals surface area contributed by atoms with Gasteiger partial charge in [-0.15, -0.1) is 0 Å². The summed E-state index contributed by atoms with van der Waals surface area (Å²) in [5.74, 6) is 0.921. The third kappa shape index (κ3) is 4.65. The van der Waals surface area contributed by atoms with Crippen molar-refractivity contribution in [2.75, 3.05) is 6.61 Å². The van der Waals surface area contributed by atoms with E-state index in [0.717, 1.165) is 25.0 Å². The highest BCUT2D eigenvalue weighted by atomic mass is 35.5. The van der Waals surface area contributed by atoms with Gasteiger partial charge in [0.15, 0.2) is 0 Å². The van der Waals surface area contributed by atoms with Crippen LogP contribution in [0.4, 0.5) is 0 Å². The number of halogens is 1. The molecule has 1 N–H and O–H groups in total. The number of hydrogen-bond acceptors (Lipinski definition) is 2. The molecule has 0 atom stereocenters. The van der Waals surface area contributed by atoms with Crippen LogP contribution in [0.1, 0.15) is 25.7 Å². The molecule has 0 heterocycles. The fraction of sp³-hybridized carbons (Fsp3) is 0.462. The monoisotopic (exact) mass is 253 g/mol. The van der Waals surface area contributed by atoms with Gasteiger partial charge in [-0.2, -0.15) is 0 Å². The van der Waals surface area contributed by atoms with Gasteiger partial charge in [-0.25, -0.2) is 0 Å². The smallest absolute Gasteiger partial charge is 0.220 e. The van der Waals surface area contributed by atoms with E-state index in [1.54, 1.807) is 12.1 Å². The summed E-state index contributed by atoms with van der Waals surface area (Å²) in [4.78, 5) is 11.4. The molecule has 0 aliphatic heterocycles. The summed E-state index contributed by atoms with van der Waals surface area (Å²) in [6, 6.07) is 7.67. The van der Waals surface area contributed by atoms with Crippen LogP contribution in [-0.4, -0.2) is 18.6 Å². The fourth-order valence-electron chi connectivity index (χ4n) is 1.48. The lowest BCUT2D eigenvalue weighted by Crippen LogP contribution is -2.25. The number of carbonyl (C=O) groups excluding carboxylic acids is 1. The van der Waals surface area contributed by atoms with Crippen molar-refractivity contribution in [3.8, 4) is 5.75 Å². The Bertz CT molecular complexity index is 374. The number of nitrogens with one attached hydrogen (secondary N) is 1. The van der Waals surface area contributed by atoms with Crippen LogP contribution in [0.2, 0.25) is 5.02 Å². The van der Waals surface area contributed by atoms with E-state index < -0.39 is 0 Å². The number of benzene rings is 1. The van der Waals surface area contributed by atoms with Crippen molar-refractivity contribution in [2.45, 2.75) is 31.7 Å². The molecule has 4 heteroatoms. The topological polar surface area (TPSA) is 38.3 Å². The highest BCUT2D eigenvalue weighted by molar-refractivity contribution is 6.30. The summed E-state index contributed by atoms with van der Waals surface area (Å²) >= 11 is 5.76. The minimum Gasteiger partial charge on any atom is -0.494 e. The Labute approximate surface area is 106 Å². The molecule has 17 heavy (non-hydrogen) atoms. The maximum atomic E-state index is 11.4. The van der Waals surface area contributed by atoms with E-state index in [1.165, 1.54) is 0 Å². The highest BCUT2D eigenvalue weighted by Gasteiger charge is 2.22. The molecule has 1 saturated carbocycles. The lowest BCUT2D eigenvalue weighted by Gasteiger charge is -2.06. The first-order valence-electron chi connectivity index (χ1n) is 5.92. The zero-order valence-electron chi connectivity index (χ0n) is 9.62. The molecule has 1 fully saturated rings. The molecule has 3 nitrogen and oxygen atoms in total. The van der Waals surface area contributed by atoms with Crippen LogP contribution in [-0.2, 0) is 4.79 Å².